The molecule has 0 saturated carbocycles. The van der Waals surface area contributed by atoms with Gasteiger partial charge in [0.25, 0.3) is 0 Å². The SMILES string of the molecule is Cc1cccc(CS(=O)(=O)CC(N)c2ccccc2C)c1. The fourth-order valence-corrected chi connectivity index (χ4v) is 4.01. The maximum Gasteiger partial charge on any atom is 0.156 e. The molecule has 1 atom stereocenters. The van der Waals surface area contributed by atoms with Gasteiger partial charge in [0.1, 0.15) is 0 Å². The van der Waals surface area contributed by atoms with E-state index in [1.807, 2.05) is 62.4 Å². The van der Waals surface area contributed by atoms with Gasteiger partial charge in [0.2, 0.25) is 0 Å². The van der Waals surface area contributed by atoms with Crippen LogP contribution in [0.15, 0.2) is 48.5 Å². The first kappa shape index (κ1) is 15.7. The Balaban J connectivity index is 2.12. The molecule has 0 radical (unpaired) electrons. The predicted octanol–water partition coefficient (Wildman–Crippen LogP) is 2.92. The molecule has 1 unspecified atom stereocenters. The molecule has 0 aromatic heterocycles. The second kappa shape index (κ2) is 6.41. The molecular formula is C17H21NO2S. The molecule has 2 aromatic carbocycles. The third-order valence-corrected chi connectivity index (χ3v) is 5.13. The average Bonchev–Trinajstić information content (AvgIpc) is 2.37. The Morgan fingerprint density at radius 2 is 1.76 bits per heavy atom. The number of aryl methyl sites for hydroxylation is 2. The smallest absolute Gasteiger partial charge is 0.156 e. The second-order valence-corrected chi connectivity index (χ2v) is 7.62. The predicted molar refractivity (Wildman–Crippen MR) is 86.8 cm³/mol. The Labute approximate surface area is 126 Å². The van der Waals surface area contributed by atoms with Gasteiger partial charge in [-0.2, -0.15) is 0 Å². The molecule has 0 aliphatic heterocycles. The molecule has 0 aliphatic rings. The van der Waals surface area contributed by atoms with Crippen molar-refractivity contribution in [3.8, 4) is 0 Å². The maximum absolute atomic E-state index is 12.3. The topological polar surface area (TPSA) is 60.2 Å². The van der Waals surface area contributed by atoms with Crippen LogP contribution >= 0.6 is 0 Å². The van der Waals surface area contributed by atoms with E-state index in [4.69, 9.17) is 5.73 Å². The molecule has 0 spiro atoms. The number of hydrogen-bond acceptors (Lipinski definition) is 3. The van der Waals surface area contributed by atoms with Crippen molar-refractivity contribution in [3.05, 3.63) is 70.8 Å². The molecule has 4 heteroatoms. The van der Waals surface area contributed by atoms with Crippen LogP contribution in [0.5, 0.6) is 0 Å². The van der Waals surface area contributed by atoms with Gasteiger partial charge >= 0.3 is 0 Å². The summed E-state index contributed by atoms with van der Waals surface area (Å²) in [7, 11) is -3.24. The third-order valence-electron chi connectivity index (χ3n) is 3.49. The molecule has 0 amide bonds. The number of nitrogens with two attached hydrogens (primary N) is 1. The van der Waals surface area contributed by atoms with Gasteiger partial charge in [-0.05, 0) is 30.5 Å². The highest BCUT2D eigenvalue weighted by molar-refractivity contribution is 7.90. The van der Waals surface area contributed by atoms with E-state index in [-0.39, 0.29) is 11.5 Å². The largest absolute Gasteiger partial charge is 0.323 e. The molecular weight excluding hydrogens is 282 g/mol. The first-order valence-corrected chi connectivity index (χ1v) is 8.76. The lowest BCUT2D eigenvalue weighted by Crippen LogP contribution is -2.23. The summed E-state index contributed by atoms with van der Waals surface area (Å²) < 4.78 is 24.7. The normalized spacial score (nSPS) is 13.1. The highest BCUT2D eigenvalue weighted by Gasteiger charge is 2.19. The Morgan fingerprint density at radius 1 is 1.05 bits per heavy atom. The van der Waals surface area contributed by atoms with Crippen LogP contribution in [0.2, 0.25) is 0 Å². The summed E-state index contributed by atoms with van der Waals surface area (Å²) in [6.07, 6.45) is 0. The van der Waals surface area contributed by atoms with Gasteiger partial charge in [0.05, 0.1) is 11.5 Å². The summed E-state index contributed by atoms with van der Waals surface area (Å²) in [5.41, 5.74) is 9.88. The van der Waals surface area contributed by atoms with Gasteiger partial charge in [-0.25, -0.2) is 8.42 Å². The lowest BCUT2D eigenvalue weighted by Gasteiger charge is -2.15. The molecule has 0 saturated heterocycles. The zero-order chi connectivity index (χ0) is 15.5. The van der Waals surface area contributed by atoms with E-state index in [0.29, 0.717) is 0 Å². The van der Waals surface area contributed by atoms with Crippen LogP contribution in [-0.4, -0.2) is 14.2 Å². The lowest BCUT2D eigenvalue weighted by atomic mass is 10.0. The fourth-order valence-electron chi connectivity index (χ4n) is 2.48. The molecule has 2 aromatic rings. The van der Waals surface area contributed by atoms with Crippen molar-refractivity contribution >= 4 is 9.84 Å². The second-order valence-electron chi connectivity index (χ2n) is 5.51. The number of rotatable bonds is 5. The number of hydrogen-bond donors (Lipinski definition) is 1. The monoisotopic (exact) mass is 303 g/mol. The summed E-state index contributed by atoms with van der Waals surface area (Å²) in [5.74, 6) is 0.0000560. The van der Waals surface area contributed by atoms with Crippen molar-refractivity contribution in [2.45, 2.75) is 25.6 Å². The van der Waals surface area contributed by atoms with Crippen LogP contribution in [0, 0.1) is 13.8 Å². The van der Waals surface area contributed by atoms with Crippen molar-refractivity contribution < 1.29 is 8.42 Å². The Hall–Kier alpha value is -1.65. The molecule has 0 fully saturated rings. The molecule has 0 bridgehead atoms. The molecule has 0 heterocycles. The summed E-state index contributed by atoms with van der Waals surface area (Å²) in [4.78, 5) is 0. The highest BCUT2D eigenvalue weighted by Crippen LogP contribution is 2.19. The molecule has 21 heavy (non-hydrogen) atoms. The molecule has 3 nitrogen and oxygen atoms in total. The summed E-state index contributed by atoms with van der Waals surface area (Å²) in [6.45, 7) is 3.90. The Bertz CT molecular complexity index is 723. The minimum absolute atomic E-state index is 0.0359. The molecule has 2 N–H and O–H groups in total. The van der Waals surface area contributed by atoms with E-state index in [2.05, 4.69) is 0 Å². The van der Waals surface area contributed by atoms with Gasteiger partial charge in [-0.1, -0.05) is 54.1 Å². The van der Waals surface area contributed by atoms with Crippen molar-refractivity contribution in [2.75, 3.05) is 5.75 Å². The zero-order valence-corrected chi connectivity index (χ0v) is 13.2. The van der Waals surface area contributed by atoms with Gasteiger partial charge in [-0.15, -0.1) is 0 Å². The van der Waals surface area contributed by atoms with Gasteiger partial charge in [-0.3, -0.25) is 0 Å². The molecule has 2 rings (SSSR count). The minimum atomic E-state index is -3.24. The first-order chi connectivity index (χ1) is 9.87. The van der Waals surface area contributed by atoms with E-state index in [1.54, 1.807) is 0 Å². The molecule has 112 valence electrons. The highest BCUT2D eigenvalue weighted by atomic mass is 32.2. The lowest BCUT2D eigenvalue weighted by molar-refractivity contribution is 0.588. The van der Waals surface area contributed by atoms with Crippen LogP contribution in [0.25, 0.3) is 0 Å². The Morgan fingerprint density at radius 3 is 2.43 bits per heavy atom. The molecule has 0 aliphatic carbocycles. The van der Waals surface area contributed by atoms with Crippen molar-refractivity contribution in [2.24, 2.45) is 5.73 Å². The van der Waals surface area contributed by atoms with E-state index < -0.39 is 15.9 Å². The van der Waals surface area contributed by atoms with Crippen LogP contribution in [-0.2, 0) is 15.6 Å². The standard InChI is InChI=1S/C17H21NO2S/c1-13-6-5-8-15(10-13)11-21(19,20)12-17(18)16-9-4-3-7-14(16)2/h3-10,17H,11-12,18H2,1-2H3. The quantitative estimate of drug-likeness (QED) is 0.924. The van der Waals surface area contributed by atoms with Gasteiger partial charge in [0.15, 0.2) is 9.84 Å². The third kappa shape index (κ3) is 4.41. The van der Waals surface area contributed by atoms with Gasteiger partial charge in [0, 0.05) is 6.04 Å². The number of sulfone groups is 1. The van der Waals surface area contributed by atoms with Crippen molar-refractivity contribution in [1.82, 2.24) is 0 Å². The summed E-state index contributed by atoms with van der Waals surface area (Å²) >= 11 is 0. The van der Waals surface area contributed by atoms with E-state index >= 15 is 0 Å². The summed E-state index contributed by atoms with van der Waals surface area (Å²) in [6, 6.07) is 14.7. The van der Waals surface area contributed by atoms with Crippen LogP contribution in [0.1, 0.15) is 28.3 Å². The number of benzene rings is 2. The van der Waals surface area contributed by atoms with E-state index in [9.17, 15) is 8.42 Å². The fraction of sp³-hybridized carbons (Fsp3) is 0.294. The van der Waals surface area contributed by atoms with Crippen LogP contribution in [0.3, 0.4) is 0 Å². The van der Waals surface area contributed by atoms with Crippen LogP contribution in [0.4, 0.5) is 0 Å². The Kier molecular flexibility index (Phi) is 4.80. The summed E-state index contributed by atoms with van der Waals surface area (Å²) in [5, 5.41) is 0. The zero-order valence-electron chi connectivity index (χ0n) is 12.4. The van der Waals surface area contributed by atoms with Crippen LogP contribution < -0.4 is 5.73 Å². The van der Waals surface area contributed by atoms with Crippen molar-refractivity contribution in [1.29, 1.82) is 0 Å². The van der Waals surface area contributed by atoms with E-state index in [0.717, 1.165) is 22.3 Å². The maximum atomic E-state index is 12.3. The first-order valence-electron chi connectivity index (χ1n) is 6.94. The van der Waals surface area contributed by atoms with Gasteiger partial charge < -0.3 is 5.73 Å². The average molecular weight is 303 g/mol. The van der Waals surface area contributed by atoms with E-state index in [1.165, 1.54) is 0 Å². The van der Waals surface area contributed by atoms with Crippen molar-refractivity contribution in [3.63, 3.8) is 0 Å². The minimum Gasteiger partial charge on any atom is -0.323 e.